The Labute approximate surface area is 180 Å². The van der Waals surface area contributed by atoms with E-state index in [4.69, 9.17) is 9.47 Å². The van der Waals surface area contributed by atoms with E-state index < -0.39 is 0 Å². The lowest BCUT2D eigenvalue weighted by Crippen LogP contribution is -2.46. The normalized spacial score (nSPS) is 24.5. The first-order chi connectivity index (χ1) is 14.6. The molecule has 1 aromatic carbocycles. The van der Waals surface area contributed by atoms with E-state index in [1.165, 1.54) is 32.1 Å². The molecule has 0 aromatic heterocycles. The molecule has 1 saturated carbocycles. The summed E-state index contributed by atoms with van der Waals surface area (Å²) >= 11 is 0. The van der Waals surface area contributed by atoms with E-state index >= 15 is 0 Å². The molecule has 1 amide bonds. The molecule has 6 nitrogen and oxygen atoms in total. The van der Waals surface area contributed by atoms with Crippen LogP contribution in [0.2, 0.25) is 0 Å². The highest BCUT2D eigenvalue weighted by Gasteiger charge is 2.37. The molecule has 1 aromatic rings. The summed E-state index contributed by atoms with van der Waals surface area (Å²) in [5, 5.41) is 6.95. The maximum atomic E-state index is 13.0. The molecule has 0 unspecified atom stereocenters. The van der Waals surface area contributed by atoms with Crippen molar-refractivity contribution in [3.05, 3.63) is 23.8 Å². The number of benzene rings is 1. The van der Waals surface area contributed by atoms with Crippen LogP contribution in [0.25, 0.3) is 0 Å². The summed E-state index contributed by atoms with van der Waals surface area (Å²) < 4.78 is 10.8. The predicted molar refractivity (Wildman–Crippen MR) is 118 cm³/mol. The molecule has 6 heteroatoms. The van der Waals surface area contributed by atoms with Gasteiger partial charge in [-0.1, -0.05) is 25.3 Å². The predicted octanol–water partition coefficient (Wildman–Crippen LogP) is 3.10. The maximum absolute atomic E-state index is 13.0. The fraction of sp³-hybridized carbons (Fsp3) is 0.708. The van der Waals surface area contributed by atoms with Crippen molar-refractivity contribution in [2.45, 2.75) is 76.9 Å². The molecule has 1 saturated heterocycles. The zero-order valence-electron chi connectivity index (χ0n) is 18.5. The van der Waals surface area contributed by atoms with Crippen LogP contribution >= 0.6 is 0 Å². The first kappa shape index (κ1) is 21.4. The van der Waals surface area contributed by atoms with Crippen LogP contribution < -0.4 is 20.1 Å². The molecular formula is C24H37N3O3. The van der Waals surface area contributed by atoms with Gasteiger partial charge in [-0.05, 0) is 69.7 Å². The topological polar surface area (TPSA) is 62.8 Å². The number of hydrogen-bond donors (Lipinski definition) is 2. The molecule has 0 spiro atoms. The number of hydrogen-bond acceptors (Lipinski definition) is 5. The largest absolute Gasteiger partial charge is 0.454 e. The van der Waals surface area contributed by atoms with E-state index in [1.807, 2.05) is 18.2 Å². The fourth-order valence-electron chi connectivity index (χ4n) is 5.11. The van der Waals surface area contributed by atoms with Crippen molar-refractivity contribution in [2.75, 3.05) is 26.4 Å². The number of likely N-dealkylation sites (tertiary alicyclic amines) is 1. The third-order valence-electron chi connectivity index (χ3n) is 6.88. The van der Waals surface area contributed by atoms with E-state index in [9.17, 15) is 4.79 Å². The number of fused-ring (bicyclic) bond motifs is 1. The molecule has 2 fully saturated rings. The molecule has 30 heavy (non-hydrogen) atoms. The average Bonchev–Trinajstić information content (AvgIpc) is 3.40. The highest BCUT2D eigenvalue weighted by molar-refractivity contribution is 5.82. The Morgan fingerprint density at radius 2 is 1.97 bits per heavy atom. The number of amides is 1. The van der Waals surface area contributed by atoms with Crippen LogP contribution in [-0.4, -0.2) is 55.4 Å². The summed E-state index contributed by atoms with van der Waals surface area (Å²) in [7, 11) is 0. The Bertz CT molecular complexity index is 718. The number of ether oxygens (including phenoxy) is 2. The first-order valence-corrected chi connectivity index (χ1v) is 11.8. The number of carbonyl (C=O) groups excluding carboxylic acids is 1. The van der Waals surface area contributed by atoms with Crippen molar-refractivity contribution in [1.29, 1.82) is 0 Å². The number of nitrogens with one attached hydrogen (secondary N) is 2. The Morgan fingerprint density at radius 1 is 1.17 bits per heavy atom. The lowest BCUT2D eigenvalue weighted by atomic mass is 9.89. The van der Waals surface area contributed by atoms with Crippen molar-refractivity contribution < 1.29 is 14.3 Å². The van der Waals surface area contributed by atoms with Gasteiger partial charge in [-0.15, -0.1) is 0 Å². The second-order valence-corrected chi connectivity index (χ2v) is 9.38. The third kappa shape index (κ3) is 5.27. The van der Waals surface area contributed by atoms with Gasteiger partial charge in [0.15, 0.2) is 11.5 Å². The van der Waals surface area contributed by atoms with Gasteiger partial charge in [-0.3, -0.25) is 9.69 Å². The molecule has 2 heterocycles. The summed E-state index contributed by atoms with van der Waals surface area (Å²) in [6.45, 7) is 7.38. The van der Waals surface area contributed by atoms with Crippen molar-refractivity contribution in [1.82, 2.24) is 15.5 Å². The SMILES string of the molecule is CC(C)N1C[C@H](NCC2CCCCC2)C[C@H]1C(=O)NCCc1ccc2c(c1)OCO2. The van der Waals surface area contributed by atoms with Crippen LogP contribution in [0.4, 0.5) is 0 Å². The highest BCUT2D eigenvalue weighted by atomic mass is 16.7. The Balaban J connectivity index is 1.25. The molecule has 2 atom stereocenters. The first-order valence-electron chi connectivity index (χ1n) is 11.8. The minimum atomic E-state index is -0.0365. The Morgan fingerprint density at radius 3 is 2.77 bits per heavy atom. The molecule has 2 N–H and O–H groups in total. The number of rotatable bonds is 8. The van der Waals surface area contributed by atoms with E-state index in [-0.39, 0.29) is 18.7 Å². The van der Waals surface area contributed by atoms with E-state index in [0.717, 1.165) is 48.9 Å². The molecule has 4 rings (SSSR count). The lowest BCUT2D eigenvalue weighted by molar-refractivity contribution is -0.126. The van der Waals surface area contributed by atoms with Crippen LogP contribution in [0.5, 0.6) is 11.5 Å². The molecule has 2 aliphatic heterocycles. The second-order valence-electron chi connectivity index (χ2n) is 9.38. The van der Waals surface area contributed by atoms with Gasteiger partial charge in [0.05, 0.1) is 6.04 Å². The number of carbonyl (C=O) groups is 1. The van der Waals surface area contributed by atoms with Crippen molar-refractivity contribution in [3.63, 3.8) is 0 Å². The average molecular weight is 416 g/mol. The van der Waals surface area contributed by atoms with Gasteiger partial charge in [0.2, 0.25) is 12.7 Å². The van der Waals surface area contributed by atoms with Gasteiger partial charge in [0, 0.05) is 25.2 Å². The molecule has 0 radical (unpaired) electrons. The monoisotopic (exact) mass is 415 g/mol. The summed E-state index contributed by atoms with van der Waals surface area (Å²) in [6.07, 6.45) is 8.57. The van der Waals surface area contributed by atoms with Crippen molar-refractivity contribution in [3.8, 4) is 11.5 Å². The van der Waals surface area contributed by atoms with Gasteiger partial charge in [0.25, 0.3) is 0 Å². The van der Waals surface area contributed by atoms with E-state index in [2.05, 4.69) is 29.4 Å². The fourth-order valence-corrected chi connectivity index (χ4v) is 5.11. The quantitative estimate of drug-likeness (QED) is 0.683. The van der Waals surface area contributed by atoms with E-state index in [1.54, 1.807) is 0 Å². The van der Waals surface area contributed by atoms with Gasteiger partial charge < -0.3 is 20.1 Å². The molecule has 0 bridgehead atoms. The Kier molecular flexibility index (Phi) is 7.16. The smallest absolute Gasteiger partial charge is 0.237 e. The van der Waals surface area contributed by atoms with Gasteiger partial charge in [-0.2, -0.15) is 0 Å². The summed E-state index contributed by atoms with van der Waals surface area (Å²) in [5.41, 5.74) is 1.15. The van der Waals surface area contributed by atoms with Crippen molar-refractivity contribution in [2.24, 2.45) is 5.92 Å². The second kappa shape index (κ2) is 10.0. The van der Waals surface area contributed by atoms with Crippen molar-refractivity contribution >= 4 is 5.91 Å². The summed E-state index contributed by atoms with van der Waals surface area (Å²) in [6, 6.07) is 6.75. The van der Waals surface area contributed by atoms with Crippen LogP contribution in [0.15, 0.2) is 18.2 Å². The minimum Gasteiger partial charge on any atom is -0.454 e. The van der Waals surface area contributed by atoms with Gasteiger partial charge >= 0.3 is 0 Å². The summed E-state index contributed by atoms with van der Waals surface area (Å²) in [5.74, 6) is 2.58. The molecule has 166 valence electrons. The molecular weight excluding hydrogens is 378 g/mol. The maximum Gasteiger partial charge on any atom is 0.237 e. The van der Waals surface area contributed by atoms with Crippen LogP contribution in [0.1, 0.15) is 57.9 Å². The minimum absolute atomic E-state index is 0.0365. The summed E-state index contributed by atoms with van der Waals surface area (Å²) in [4.78, 5) is 15.3. The molecule has 3 aliphatic rings. The standard InChI is InChI=1S/C24H37N3O3/c1-17(2)27-15-20(26-14-19-6-4-3-5-7-19)13-21(27)24(28)25-11-10-18-8-9-22-23(12-18)30-16-29-22/h8-9,12,17,19-21,26H,3-7,10-11,13-16H2,1-2H3,(H,25,28)/t20-,21+/m1/s1. The van der Waals surface area contributed by atoms with E-state index in [0.29, 0.717) is 18.6 Å². The zero-order valence-corrected chi connectivity index (χ0v) is 18.5. The Hall–Kier alpha value is -1.79. The highest BCUT2D eigenvalue weighted by Crippen LogP contribution is 2.32. The van der Waals surface area contributed by atoms with Crippen LogP contribution in [0, 0.1) is 5.92 Å². The van der Waals surface area contributed by atoms with Crippen LogP contribution in [-0.2, 0) is 11.2 Å². The number of nitrogens with zero attached hydrogens (tertiary/aromatic N) is 1. The molecule has 1 aliphatic carbocycles. The lowest BCUT2D eigenvalue weighted by Gasteiger charge is -2.27. The van der Waals surface area contributed by atoms with Gasteiger partial charge in [0.1, 0.15) is 0 Å². The van der Waals surface area contributed by atoms with Gasteiger partial charge in [-0.25, -0.2) is 0 Å². The van der Waals surface area contributed by atoms with Crippen LogP contribution in [0.3, 0.4) is 0 Å². The zero-order chi connectivity index (χ0) is 20.9. The third-order valence-corrected chi connectivity index (χ3v) is 6.88.